The molecule has 1 aliphatic heterocycles. The lowest BCUT2D eigenvalue weighted by atomic mass is 10.1. The van der Waals surface area contributed by atoms with Gasteiger partial charge in [0.15, 0.2) is 5.82 Å². The minimum absolute atomic E-state index is 0.0182. The number of halogens is 7. The quantitative estimate of drug-likeness (QED) is 0.373. The molecule has 0 spiro atoms. The highest BCUT2D eigenvalue weighted by molar-refractivity contribution is 5.98. The number of anilines is 1. The lowest BCUT2D eigenvalue weighted by Gasteiger charge is -2.20. The number of carbonyl (C=O) groups excluding carboxylic acids is 1. The van der Waals surface area contributed by atoms with E-state index in [2.05, 4.69) is 20.4 Å². The van der Waals surface area contributed by atoms with Gasteiger partial charge in [-0.3, -0.25) is 9.69 Å². The molecule has 3 aromatic rings. The maximum atomic E-state index is 14.6. The number of hydrogen-bond donors (Lipinski definition) is 3. The Kier molecular flexibility index (Phi) is 7.57. The van der Waals surface area contributed by atoms with Gasteiger partial charge in [0.05, 0.1) is 36.9 Å². The van der Waals surface area contributed by atoms with Gasteiger partial charge < -0.3 is 20.9 Å². The monoisotopic (exact) mass is 565 g/mol. The molecule has 10 nitrogen and oxygen atoms in total. The van der Waals surface area contributed by atoms with Crippen molar-refractivity contribution in [3.8, 4) is 17.1 Å². The van der Waals surface area contributed by atoms with Crippen LogP contribution in [0, 0.1) is 0 Å². The normalized spacial score (nSPS) is 19.4. The number of nitrogens with zero attached hydrogens (tertiary/aromatic N) is 5. The number of β-amino-alcohol motifs (C(OH)–C–C–N with tert-alkyl or cyclic N) is 1. The number of amides is 1. The molecule has 0 saturated carbocycles. The molecule has 0 bridgehead atoms. The molecule has 0 aromatic carbocycles. The zero-order valence-electron chi connectivity index (χ0n) is 20.1. The summed E-state index contributed by atoms with van der Waals surface area (Å²) in [7, 11) is 1.19. The Morgan fingerprint density at radius 2 is 1.95 bits per heavy atom. The lowest BCUT2D eigenvalue weighted by molar-refractivity contribution is -0.155. The van der Waals surface area contributed by atoms with E-state index in [1.807, 2.05) is 0 Å². The molecule has 1 saturated heterocycles. The third-order valence-corrected chi connectivity index (χ3v) is 6.05. The van der Waals surface area contributed by atoms with Gasteiger partial charge in [-0.25, -0.2) is 18.9 Å². The smallest absolute Gasteiger partial charge is 0.418 e. The first-order valence-corrected chi connectivity index (χ1v) is 11.3. The number of likely N-dealkylation sites (tertiary alicyclic amines) is 1. The number of carbonyl (C=O) groups is 1. The maximum absolute atomic E-state index is 14.6. The number of nitrogens with one attached hydrogen (secondary N) is 1. The van der Waals surface area contributed by atoms with E-state index >= 15 is 0 Å². The molecular weight excluding hydrogens is 543 g/mol. The highest BCUT2D eigenvalue weighted by atomic mass is 19.4. The van der Waals surface area contributed by atoms with Gasteiger partial charge in [-0.1, -0.05) is 0 Å². The summed E-state index contributed by atoms with van der Waals surface area (Å²) >= 11 is 0. The van der Waals surface area contributed by atoms with E-state index in [-0.39, 0.29) is 35.8 Å². The van der Waals surface area contributed by atoms with Gasteiger partial charge in [0.1, 0.15) is 23.6 Å². The summed E-state index contributed by atoms with van der Waals surface area (Å²) in [4.78, 5) is 21.9. The summed E-state index contributed by atoms with van der Waals surface area (Å²) in [6.45, 7) is -0.973. The van der Waals surface area contributed by atoms with Gasteiger partial charge in [-0.05, 0) is 12.1 Å². The average molecular weight is 565 g/mol. The first-order valence-electron chi connectivity index (χ1n) is 11.3. The summed E-state index contributed by atoms with van der Waals surface area (Å²) in [5.74, 6) is -1.53. The van der Waals surface area contributed by atoms with Gasteiger partial charge in [0, 0.05) is 31.4 Å². The highest BCUT2D eigenvalue weighted by Crippen LogP contribution is 2.39. The summed E-state index contributed by atoms with van der Waals surface area (Å²) in [5.41, 5.74) is 3.70. The molecule has 17 heteroatoms. The number of rotatable bonds is 7. The van der Waals surface area contributed by atoms with E-state index in [4.69, 9.17) is 10.5 Å². The third kappa shape index (κ3) is 6.13. The Morgan fingerprint density at radius 3 is 2.59 bits per heavy atom. The van der Waals surface area contributed by atoms with Crippen LogP contribution in [0.15, 0.2) is 24.7 Å². The second kappa shape index (κ2) is 10.4. The van der Waals surface area contributed by atoms with Crippen LogP contribution >= 0.6 is 0 Å². The zero-order chi connectivity index (χ0) is 28.7. The SMILES string of the molecule is COc1ncc(-c2cc(C(F)(F)F)c3c(N)ncnn23)cc1C(=O)N[C@@H]1CN(CC(O)CC(F)(F)F)C[C@@H]1F. The Balaban J connectivity index is 1.59. The standard InChI is InChI=1S/C22H22F7N7O3/c1-39-20-12(19(38)34-15-8-35(7-14(15)23)6-11(37)4-21(24,25)26)2-10(5-31-20)16-3-13(22(27,28)29)17-18(30)32-9-33-36(16)17/h2-3,5,9,11,14-15,37H,4,6-8H2,1H3,(H,34,38)(H2,30,32,33)/t11?,14-,15+/m0/s1. The van der Waals surface area contributed by atoms with Crippen molar-refractivity contribution in [2.24, 2.45) is 0 Å². The van der Waals surface area contributed by atoms with E-state index in [0.29, 0.717) is 0 Å². The van der Waals surface area contributed by atoms with Crippen molar-refractivity contribution in [1.82, 2.24) is 29.8 Å². The minimum atomic E-state index is -4.80. The Morgan fingerprint density at radius 1 is 1.23 bits per heavy atom. The number of hydrogen-bond acceptors (Lipinski definition) is 8. The van der Waals surface area contributed by atoms with Crippen LogP contribution in [0.3, 0.4) is 0 Å². The number of alkyl halides is 7. The van der Waals surface area contributed by atoms with Crippen molar-refractivity contribution in [2.75, 3.05) is 32.5 Å². The molecule has 3 atom stereocenters. The molecular formula is C22H22F7N7O3. The molecule has 212 valence electrons. The van der Waals surface area contributed by atoms with E-state index in [9.17, 15) is 40.6 Å². The van der Waals surface area contributed by atoms with E-state index in [0.717, 1.165) is 23.1 Å². The fourth-order valence-corrected chi connectivity index (χ4v) is 4.41. The molecule has 3 aromatic heterocycles. The summed E-state index contributed by atoms with van der Waals surface area (Å²) in [6, 6.07) is 0.793. The second-order valence-corrected chi connectivity index (χ2v) is 8.92. The Hall–Kier alpha value is -3.73. The van der Waals surface area contributed by atoms with Crippen molar-refractivity contribution in [1.29, 1.82) is 0 Å². The first kappa shape index (κ1) is 28.3. The number of aliphatic hydroxyl groups is 1. The minimum Gasteiger partial charge on any atom is -0.480 e. The van der Waals surface area contributed by atoms with Crippen LogP contribution in [0.1, 0.15) is 22.3 Å². The van der Waals surface area contributed by atoms with Gasteiger partial charge in [0.2, 0.25) is 5.88 Å². The van der Waals surface area contributed by atoms with Crippen LogP contribution in [-0.4, -0.2) is 86.7 Å². The van der Waals surface area contributed by atoms with Gasteiger partial charge in [0.25, 0.3) is 5.91 Å². The van der Waals surface area contributed by atoms with Crippen LogP contribution in [0.4, 0.5) is 36.6 Å². The molecule has 1 fully saturated rings. The number of ether oxygens (including phenoxy) is 1. The van der Waals surface area contributed by atoms with Crippen LogP contribution in [0.25, 0.3) is 16.8 Å². The van der Waals surface area contributed by atoms with Crippen molar-refractivity contribution in [2.45, 2.75) is 37.1 Å². The van der Waals surface area contributed by atoms with Crippen LogP contribution < -0.4 is 15.8 Å². The topological polar surface area (TPSA) is 131 Å². The largest absolute Gasteiger partial charge is 0.480 e. The highest BCUT2D eigenvalue weighted by Gasteiger charge is 2.39. The molecule has 4 N–H and O–H groups in total. The molecule has 1 aliphatic rings. The average Bonchev–Trinajstić information content (AvgIpc) is 3.38. The Bertz CT molecular complexity index is 1360. The van der Waals surface area contributed by atoms with Crippen LogP contribution in [0.5, 0.6) is 5.88 Å². The third-order valence-electron chi connectivity index (χ3n) is 6.05. The van der Waals surface area contributed by atoms with Gasteiger partial charge in [-0.2, -0.15) is 31.4 Å². The number of nitrogen functional groups attached to an aromatic ring is 1. The van der Waals surface area contributed by atoms with E-state index < -0.39 is 66.4 Å². The first-order chi connectivity index (χ1) is 18.2. The van der Waals surface area contributed by atoms with Gasteiger partial charge >= 0.3 is 12.4 Å². The number of nitrogens with two attached hydrogens (primary N) is 1. The summed E-state index contributed by atoms with van der Waals surface area (Å²) in [5, 5.41) is 15.9. The fourth-order valence-electron chi connectivity index (χ4n) is 4.41. The van der Waals surface area contributed by atoms with Crippen molar-refractivity contribution < 1.29 is 45.4 Å². The molecule has 1 amide bonds. The van der Waals surface area contributed by atoms with E-state index in [1.54, 1.807) is 0 Å². The fraction of sp³-hybridized carbons (Fsp3) is 0.455. The summed E-state index contributed by atoms with van der Waals surface area (Å²) in [6.07, 6.45) is -12.2. The number of methoxy groups -OCH3 is 1. The molecule has 4 rings (SSSR count). The number of aliphatic hydroxyl groups excluding tert-OH is 1. The summed E-state index contributed by atoms with van der Waals surface area (Å²) < 4.78 is 99.1. The lowest BCUT2D eigenvalue weighted by Crippen LogP contribution is -2.42. The van der Waals surface area contributed by atoms with Gasteiger partial charge in [-0.15, -0.1) is 0 Å². The zero-order valence-corrected chi connectivity index (χ0v) is 20.1. The molecule has 0 radical (unpaired) electrons. The second-order valence-electron chi connectivity index (χ2n) is 8.92. The Labute approximate surface area is 215 Å². The molecule has 4 heterocycles. The molecule has 39 heavy (non-hydrogen) atoms. The predicted octanol–water partition coefficient (Wildman–Crippen LogP) is 2.47. The number of fused-ring (bicyclic) bond motifs is 1. The van der Waals surface area contributed by atoms with Crippen molar-refractivity contribution in [3.05, 3.63) is 35.8 Å². The van der Waals surface area contributed by atoms with Crippen LogP contribution in [0.2, 0.25) is 0 Å². The molecule has 0 aliphatic carbocycles. The van der Waals surface area contributed by atoms with Crippen LogP contribution in [-0.2, 0) is 6.18 Å². The molecule has 1 unspecified atom stereocenters. The number of aromatic nitrogens is 4. The van der Waals surface area contributed by atoms with Crippen molar-refractivity contribution >= 4 is 17.2 Å². The number of pyridine rings is 1. The predicted molar refractivity (Wildman–Crippen MR) is 121 cm³/mol. The van der Waals surface area contributed by atoms with Crippen molar-refractivity contribution in [3.63, 3.8) is 0 Å². The maximum Gasteiger partial charge on any atom is 0.418 e. The van der Waals surface area contributed by atoms with E-state index in [1.165, 1.54) is 18.1 Å².